The van der Waals surface area contributed by atoms with Crippen LogP contribution in [0, 0.1) is 17.3 Å². The first-order valence-corrected chi connectivity index (χ1v) is 28.0. The first-order chi connectivity index (χ1) is 34.2. The van der Waals surface area contributed by atoms with Gasteiger partial charge in [0.1, 0.15) is 0 Å². The molecule has 0 saturated heterocycles. The zero-order valence-electron chi connectivity index (χ0n) is 44.9. The summed E-state index contributed by atoms with van der Waals surface area (Å²) >= 11 is 1.98. The summed E-state index contributed by atoms with van der Waals surface area (Å²) in [4.78, 5) is 5.46. The number of hydrogen-bond donors (Lipinski definition) is 0. The number of hydrogen-bond acceptors (Lipinski definition) is 3. The van der Waals surface area contributed by atoms with Gasteiger partial charge in [-0.1, -0.05) is 168 Å². The molecule has 5 heteroatoms. The van der Waals surface area contributed by atoms with Crippen LogP contribution < -0.4 is 26.3 Å². The second-order valence-electron chi connectivity index (χ2n) is 26.6. The summed E-state index contributed by atoms with van der Waals surface area (Å²) in [5, 5.41) is 4.08. The van der Waals surface area contributed by atoms with Crippen LogP contribution in [0.4, 0.5) is 34.1 Å². The highest BCUT2D eigenvalue weighted by molar-refractivity contribution is 7.26. The lowest BCUT2D eigenvalue weighted by molar-refractivity contribution is 0.420. The van der Waals surface area contributed by atoms with E-state index in [1.54, 1.807) is 0 Å². The van der Waals surface area contributed by atoms with Crippen molar-refractivity contribution in [3.63, 3.8) is 0 Å². The Balaban J connectivity index is 1.19. The van der Waals surface area contributed by atoms with E-state index < -0.39 is 0 Å². The van der Waals surface area contributed by atoms with Crippen molar-refractivity contribution in [2.45, 2.75) is 143 Å². The Morgan fingerprint density at radius 1 is 0.583 bits per heavy atom. The second-order valence-corrected chi connectivity index (χ2v) is 27.6. The molecule has 2 bridgehead atoms. The highest BCUT2D eigenvalue weighted by Gasteiger charge is 2.49. The first kappa shape index (κ1) is 46.0. The van der Waals surface area contributed by atoms with E-state index in [0.29, 0.717) is 5.92 Å². The van der Waals surface area contributed by atoms with Crippen molar-refractivity contribution in [2.75, 3.05) is 9.80 Å². The van der Waals surface area contributed by atoms with Crippen LogP contribution >= 0.6 is 11.3 Å². The Bertz CT molecular complexity index is 3570. The molecule has 13 rings (SSSR count). The van der Waals surface area contributed by atoms with E-state index in [9.17, 15) is 0 Å². The minimum absolute atomic E-state index is 0.0233. The number of nitrogens with zero attached hydrogens (tertiary/aromatic N) is 3. The van der Waals surface area contributed by atoms with Crippen LogP contribution in [0.1, 0.15) is 149 Å². The third kappa shape index (κ3) is 7.09. The Morgan fingerprint density at radius 3 is 1.82 bits per heavy atom. The summed E-state index contributed by atoms with van der Waals surface area (Å²) in [6.45, 7) is 28.2. The maximum atomic E-state index is 2.83. The number of allylic oxidation sites excluding steroid dienone is 4. The molecule has 6 aromatic carbocycles. The van der Waals surface area contributed by atoms with Gasteiger partial charge < -0.3 is 14.4 Å². The van der Waals surface area contributed by atoms with Crippen LogP contribution in [0.3, 0.4) is 0 Å². The summed E-state index contributed by atoms with van der Waals surface area (Å²) in [7, 11) is 0. The van der Waals surface area contributed by atoms with E-state index >= 15 is 0 Å². The van der Waals surface area contributed by atoms with Crippen molar-refractivity contribution in [1.29, 1.82) is 0 Å². The van der Waals surface area contributed by atoms with Crippen molar-refractivity contribution < 1.29 is 0 Å². The molecular weight excluding hydrogens is 890 g/mol. The minimum Gasteiger partial charge on any atom is -0.343 e. The fourth-order valence-corrected chi connectivity index (χ4v) is 15.1. The smallest absolute Gasteiger partial charge is 0.272 e. The van der Waals surface area contributed by atoms with Crippen molar-refractivity contribution in [3.05, 3.63) is 161 Å². The molecule has 0 N–H and O–H groups in total. The molecule has 3 aliphatic carbocycles. The van der Waals surface area contributed by atoms with Gasteiger partial charge in [0, 0.05) is 59.6 Å². The Kier molecular flexibility index (Phi) is 10.1. The maximum absolute atomic E-state index is 2.83. The average molecular weight is 962 g/mol. The predicted octanol–water partition coefficient (Wildman–Crippen LogP) is 17.4. The van der Waals surface area contributed by atoms with Gasteiger partial charge in [0.15, 0.2) is 0 Å². The van der Waals surface area contributed by atoms with Crippen LogP contribution in [0.25, 0.3) is 31.1 Å². The number of aromatic nitrogens is 1. The molecule has 72 heavy (non-hydrogen) atoms. The molecule has 4 heterocycles. The van der Waals surface area contributed by atoms with E-state index in [1.807, 2.05) is 11.3 Å². The molecule has 4 atom stereocenters. The van der Waals surface area contributed by atoms with E-state index in [-0.39, 0.29) is 34.4 Å². The van der Waals surface area contributed by atoms with E-state index in [1.165, 1.54) is 135 Å². The molecule has 0 spiro atoms. The number of thiophene rings is 1. The molecule has 2 aromatic heterocycles. The highest BCUT2D eigenvalue weighted by atomic mass is 32.1. The van der Waals surface area contributed by atoms with Gasteiger partial charge in [0.25, 0.3) is 6.71 Å². The maximum Gasteiger partial charge on any atom is 0.272 e. The lowest BCUT2D eigenvalue weighted by Gasteiger charge is -2.45. The Morgan fingerprint density at radius 2 is 1.22 bits per heavy atom. The van der Waals surface area contributed by atoms with Crippen LogP contribution in [0.2, 0.25) is 0 Å². The summed E-state index contributed by atoms with van der Waals surface area (Å²) in [6, 6.07) is 46.5. The standard InChI is InChI=1S/C67H72BN3S/c1-64(2,3)43-19-26-47(27-20-43)69-54-33-25-46(67(10,11)12)39-53(54)68-60-56(69)37-42(52-36-40-17-18-41(52)35-40)38-57(60)70(48-28-21-44(22-29-48)65(4,5)6)61-59-55(34-32-51-50-15-13-14-16-58(50)72-62(51)59)71(63(61)68)49-30-23-45(24-31-49)66(7,8)9/h13-16,19-30,32-34,37-41,49,52H,17-18,31,35-36H2,1-12H3. The van der Waals surface area contributed by atoms with Crippen molar-refractivity contribution >= 4 is 99.8 Å². The molecule has 5 aliphatic rings. The largest absolute Gasteiger partial charge is 0.343 e. The van der Waals surface area contributed by atoms with E-state index in [0.717, 1.165) is 18.3 Å². The molecule has 0 radical (unpaired) electrons. The zero-order valence-corrected chi connectivity index (χ0v) is 45.7. The molecule has 2 aliphatic heterocycles. The van der Waals surface area contributed by atoms with Crippen LogP contribution in [-0.2, 0) is 16.2 Å². The van der Waals surface area contributed by atoms with Gasteiger partial charge in [-0.3, -0.25) is 0 Å². The second kappa shape index (κ2) is 15.9. The monoisotopic (exact) mass is 962 g/mol. The van der Waals surface area contributed by atoms with Gasteiger partial charge in [-0.25, -0.2) is 0 Å². The number of benzene rings is 6. The molecule has 4 unspecified atom stereocenters. The summed E-state index contributed by atoms with van der Waals surface area (Å²) in [5.41, 5.74) is 20.5. The predicted molar refractivity (Wildman–Crippen MR) is 313 cm³/mol. The third-order valence-corrected chi connectivity index (χ3v) is 19.0. The van der Waals surface area contributed by atoms with Gasteiger partial charge >= 0.3 is 0 Å². The quantitative estimate of drug-likeness (QED) is 0.163. The summed E-state index contributed by atoms with van der Waals surface area (Å²) in [5.74, 6) is 2.13. The zero-order chi connectivity index (χ0) is 50.0. The van der Waals surface area contributed by atoms with E-state index in [4.69, 9.17) is 0 Å². The van der Waals surface area contributed by atoms with Crippen LogP contribution in [0.5, 0.6) is 0 Å². The molecule has 2 fully saturated rings. The van der Waals surface area contributed by atoms with Crippen molar-refractivity contribution in [2.24, 2.45) is 17.3 Å². The lowest BCUT2D eigenvalue weighted by Crippen LogP contribution is -2.63. The van der Waals surface area contributed by atoms with Gasteiger partial charge in [0.05, 0.1) is 17.2 Å². The molecular formula is C67H72BN3S. The first-order valence-electron chi connectivity index (χ1n) is 27.2. The van der Waals surface area contributed by atoms with Crippen LogP contribution in [0.15, 0.2) is 139 Å². The highest BCUT2D eigenvalue weighted by Crippen LogP contribution is 2.56. The normalized spacial score (nSPS) is 20.7. The number of fused-ring (bicyclic) bond motifs is 12. The third-order valence-electron chi connectivity index (χ3n) is 17.8. The van der Waals surface area contributed by atoms with Gasteiger partial charge in [-0.2, -0.15) is 0 Å². The Hall–Kier alpha value is -5.78. The lowest BCUT2D eigenvalue weighted by atomic mass is 9.34. The Labute approximate surface area is 433 Å². The SMILES string of the molecule is CC(C)(C)C1=CCC(n2c3c(c4c5sc6ccccc6c5ccc42)N(c2ccc(C(C)(C)C)cc2)c2cc(C4CC5CCC4C5)cc4c2B3c2cc(C(C)(C)C)ccc2N4c2ccc(C(C)(C)C)cc2)C=C1. The fraction of sp³-hybridized carbons (Fsp3) is 0.373. The molecule has 8 aromatic rings. The summed E-state index contributed by atoms with van der Waals surface area (Å²) < 4.78 is 5.57. The molecule has 2 saturated carbocycles. The molecule has 0 amide bonds. The number of rotatable bonds is 4. The van der Waals surface area contributed by atoms with Crippen molar-refractivity contribution in [1.82, 2.24) is 4.57 Å². The van der Waals surface area contributed by atoms with Crippen LogP contribution in [-0.4, -0.2) is 11.3 Å². The number of anilines is 6. The topological polar surface area (TPSA) is 11.4 Å². The van der Waals surface area contributed by atoms with Crippen molar-refractivity contribution in [3.8, 4) is 0 Å². The molecule has 364 valence electrons. The van der Waals surface area contributed by atoms with Gasteiger partial charge in [0.2, 0.25) is 0 Å². The fourth-order valence-electron chi connectivity index (χ4n) is 13.9. The average Bonchev–Trinajstić information content (AvgIpc) is 4.15. The summed E-state index contributed by atoms with van der Waals surface area (Å²) in [6.07, 6.45) is 13.9. The van der Waals surface area contributed by atoms with Gasteiger partial charge in [-0.15, -0.1) is 11.3 Å². The van der Waals surface area contributed by atoms with E-state index in [2.05, 4.69) is 231 Å². The molecule has 3 nitrogen and oxygen atoms in total. The minimum atomic E-state index is -0.0441. The van der Waals surface area contributed by atoms with Gasteiger partial charge in [-0.05, 0) is 158 Å².